The predicted octanol–water partition coefficient (Wildman–Crippen LogP) is 3.12. The van der Waals surface area contributed by atoms with Crippen LogP contribution in [0.25, 0.3) is 0 Å². The molecular formula is C15H16O2. The molecule has 1 aromatic rings. The molecule has 0 aromatic heterocycles. The van der Waals surface area contributed by atoms with Crippen molar-refractivity contribution in [3.8, 4) is 0 Å². The van der Waals surface area contributed by atoms with Gasteiger partial charge in [-0.1, -0.05) is 24.3 Å². The lowest BCUT2D eigenvalue weighted by Crippen LogP contribution is -2.11. The third-order valence-corrected chi connectivity index (χ3v) is 3.86. The molecule has 1 unspecified atom stereocenters. The van der Waals surface area contributed by atoms with Crippen molar-refractivity contribution >= 4 is 11.6 Å². The van der Waals surface area contributed by atoms with Gasteiger partial charge in [-0.15, -0.1) is 0 Å². The monoisotopic (exact) mass is 228 g/mol. The van der Waals surface area contributed by atoms with Crippen LogP contribution in [0.3, 0.4) is 0 Å². The predicted molar refractivity (Wildman–Crippen MR) is 65.1 cm³/mol. The quantitative estimate of drug-likeness (QED) is 0.745. The fraction of sp³-hybridized carbons (Fsp3) is 0.467. The standard InChI is InChI=1S/C15H16O2/c16-14-8-7-13(9-14)15(17)12-5-3-11(4-6-12)10-1-2-10/h3-6,10,13H,1-2,7-9H2. The molecule has 0 bridgehead atoms. The molecule has 0 radical (unpaired) electrons. The highest BCUT2D eigenvalue weighted by Crippen LogP contribution is 2.40. The van der Waals surface area contributed by atoms with E-state index in [0.717, 1.165) is 17.9 Å². The summed E-state index contributed by atoms with van der Waals surface area (Å²) in [4.78, 5) is 23.3. The summed E-state index contributed by atoms with van der Waals surface area (Å²) in [6, 6.07) is 8.00. The number of ketones is 2. The summed E-state index contributed by atoms with van der Waals surface area (Å²) in [6.45, 7) is 0. The van der Waals surface area contributed by atoms with E-state index in [9.17, 15) is 9.59 Å². The molecule has 88 valence electrons. The van der Waals surface area contributed by atoms with Crippen LogP contribution in [-0.4, -0.2) is 11.6 Å². The van der Waals surface area contributed by atoms with E-state index in [4.69, 9.17) is 0 Å². The van der Waals surface area contributed by atoms with Crippen LogP contribution in [0.5, 0.6) is 0 Å². The topological polar surface area (TPSA) is 34.1 Å². The lowest BCUT2D eigenvalue weighted by molar-refractivity contribution is -0.117. The molecule has 0 saturated heterocycles. The number of benzene rings is 1. The zero-order valence-electron chi connectivity index (χ0n) is 9.82. The summed E-state index contributed by atoms with van der Waals surface area (Å²) >= 11 is 0. The van der Waals surface area contributed by atoms with Crippen molar-refractivity contribution in [2.45, 2.75) is 38.0 Å². The average molecular weight is 228 g/mol. The molecule has 0 amide bonds. The van der Waals surface area contributed by atoms with Crippen LogP contribution < -0.4 is 0 Å². The minimum atomic E-state index is -0.0609. The van der Waals surface area contributed by atoms with Crippen molar-refractivity contribution < 1.29 is 9.59 Å². The molecule has 2 fully saturated rings. The van der Waals surface area contributed by atoms with Gasteiger partial charge in [0.05, 0.1) is 0 Å². The second-order valence-corrected chi connectivity index (χ2v) is 5.24. The Morgan fingerprint density at radius 3 is 2.29 bits per heavy atom. The third-order valence-electron chi connectivity index (χ3n) is 3.86. The van der Waals surface area contributed by atoms with Gasteiger partial charge < -0.3 is 0 Å². The largest absolute Gasteiger partial charge is 0.300 e. The number of rotatable bonds is 3. The Labute approximate surface area is 101 Å². The fourth-order valence-electron chi connectivity index (χ4n) is 2.61. The maximum atomic E-state index is 12.1. The minimum absolute atomic E-state index is 0.0609. The van der Waals surface area contributed by atoms with Crippen molar-refractivity contribution in [1.82, 2.24) is 0 Å². The molecule has 2 nitrogen and oxygen atoms in total. The normalized spacial score (nSPS) is 24.0. The number of carbonyl (C=O) groups is 2. The Kier molecular flexibility index (Phi) is 2.58. The molecule has 2 aliphatic carbocycles. The second kappa shape index (κ2) is 4.10. The summed E-state index contributed by atoms with van der Waals surface area (Å²) in [5, 5.41) is 0. The maximum Gasteiger partial charge on any atom is 0.166 e. The molecule has 0 heterocycles. The lowest BCUT2D eigenvalue weighted by Gasteiger charge is -2.07. The van der Waals surface area contributed by atoms with E-state index in [1.54, 1.807) is 0 Å². The number of hydrogen-bond acceptors (Lipinski definition) is 2. The van der Waals surface area contributed by atoms with E-state index in [1.807, 2.05) is 12.1 Å². The van der Waals surface area contributed by atoms with Crippen LogP contribution in [-0.2, 0) is 4.79 Å². The zero-order chi connectivity index (χ0) is 11.8. The highest BCUT2D eigenvalue weighted by atomic mass is 16.1. The molecule has 17 heavy (non-hydrogen) atoms. The van der Waals surface area contributed by atoms with Crippen LogP contribution in [0, 0.1) is 5.92 Å². The van der Waals surface area contributed by atoms with E-state index in [0.29, 0.717) is 12.8 Å². The van der Waals surface area contributed by atoms with E-state index >= 15 is 0 Å². The summed E-state index contributed by atoms with van der Waals surface area (Å²) < 4.78 is 0. The van der Waals surface area contributed by atoms with Crippen molar-refractivity contribution in [2.75, 3.05) is 0 Å². The second-order valence-electron chi connectivity index (χ2n) is 5.24. The molecule has 0 N–H and O–H groups in total. The first-order chi connectivity index (χ1) is 8.24. The van der Waals surface area contributed by atoms with Crippen molar-refractivity contribution in [3.05, 3.63) is 35.4 Å². The zero-order valence-corrected chi connectivity index (χ0v) is 9.82. The van der Waals surface area contributed by atoms with Crippen molar-refractivity contribution in [2.24, 2.45) is 5.92 Å². The maximum absolute atomic E-state index is 12.1. The van der Waals surface area contributed by atoms with Gasteiger partial charge in [0.25, 0.3) is 0 Å². The van der Waals surface area contributed by atoms with E-state index in [1.165, 1.54) is 18.4 Å². The Balaban J connectivity index is 1.74. The minimum Gasteiger partial charge on any atom is -0.300 e. The number of carbonyl (C=O) groups excluding carboxylic acids is 2. The van der Waals surface area contributed by atoms with Gasteiger partial charge in [-0.05, 0) is 30.7 Å². The van der Waals surface area contributed by atoms with Gasteiger partial charge in [-0.25, -0.2) is 0 Å². The highest BCUT2D eigenvalue weighted by Gasteiger charge is 2.29. The molecule has 1 atom stereocenters. The summed E-state index contributed by atoms with van der Waals surface area (Å²) in [7, 11) is 0. The van der Waals surface area contributed by atoms with E-state index < -0.39 is 0 Å². The molecule has 3 rings (SSSR count). The molecule has 1 aromatic carbocycles. The van der Waals surface area contributed by atoms with Gasteiger partial charge in [0.1, 0.15) is 5.78 Å². The first kappa shape index (κ1) is 10.7. The molecule has 2 heteroatoms. The average Bonchev–Trinajstić information content (AvgIpc) is 3.11. The number of hydrogen-bond donors (Lipinski definition) is 0. The van der Waals surface area contributed by atoms with Gasteiger partial charge >= 0.3 is 0 Å². The summed E-state index contributed by atoms with van der Waals surface area (Å²) in [6.07, 6.45) is 4.33. The summed E-state index contributed by atoms with van der Waals surface area (Å²) in [5.74, 6) is 1.05. The molecule has 2 aliphatic rings. The van der Waals surface area contributed by atoms with Crippen molar-refractivity contribution in [3.63, 3.8) is 0 Å². The molecule has 0 aliphatic heterocycles. The lowest BCUT2D eigenvalue weighted by atomic mass is 9.95. The Hall–Kier alpha value is -1.44. The van der Waals surface area contributed by atoms with Crippen LogP contribution in [0.15, 0.2) is 24.3 Å². The van der Waals surface area contributed by atoms with Crippen LogP contribution in [0.4, 0.5) is 0 Å². The van der Waals surface area contributed by atoms with Crippen LogP contribution >= 0.6 is 0 Å². The third kappa shape index (κ3) is 2.17. The SMILES string of the molecule is O=C1CCC(C(=O)c2ccc(C3CC3)cc2)C1. The van der Waals surface area contributed by atoms with Gasteiger partial charge in [0.15, 0.2) is 5.78 Å². The van der Waals surface area contributed by atoms with Crippen LogP contribution in [0.1, 0.15) is 53.9 Å². The van der Waals surface area contributed by atoms with Gasteiger partial charge in [0.2, 0.25) is 0 Å². The number of Topliss-reactive ketones (excluding diaryl/α,β-unsaturated/α-hetero) is 2. The Morgan fingerprint density at radius 2 is 1.76 bits per heavy atom. The van der Waals surface area contributed by atoms with E-state index in [2.05, 4.69) is 12.1 Å². The Morgan fingerprint density at radius 1 is 1.06 bits per heavy atom. The highest BCUT2D eigenvalue weighted by molar-refractivity contribution is 6.01. The smallest absolute Gasteiger partial charge is 0.166 e. The Bertz CT molecular complexity index is 454. The van der Waals surface area contributed by atoms with Crippen LogP contribution in [0.2, 0.25) is 0 Å². The first-order valence-corrected chi connectivity index (χ1v) is 6.40. The first-order valence-electron chi connectivity index (χ1n) is 6.40. The fourth-order valence-corrected chi connectivity index (χ4v) is 2.61. The van der Waals surface area contributed by atoms with Gasteiger partial charge in [-0.2, -0.15) is 0 Å². The molecule has 2 saturated carbocycles. The van der Waals surface area contributed by atoms with Gasteiger partial charge in [0, 0.05) is 24.3 Å². The summed E-state index contributed by atoms with van der Waals surface area (Å²) in [5.41, 5.74) is 2.12. The van der Waals surface area contributed by atoms with E-state index in [-0.39, 0.29) is 17.5 Å². The molecule has 0 spiro atoms. The molecular weight excluding hydrogens is 212 g/mol. The van der Waals surface area contributed by atoms with Crippen molar-refractivity contribution in [1.29, 1.82) is 0 Å². The van der Waals surface area contributed by atoms with Gasteiger partial charge in [-0.3, -0.25) is 9.59 Å².